The Kier molecular flexibility index (Phi) is 6.64. The number of rotatable bonds is 4. The Morgan fingerprint density at radius 2 is 1.02 bits per heavy atom. The van der Waals surface area contributed by atoms with Crippen molar-refractivity contribution in [3.8, 4) is 23.3 Å². The number of hydrogen-bond acceptors (Lipinski definition) is 8. The van der Waals surface area contributed by atoms with Crippen LogP contribution in [-0.2, 0) is 11.1 Å². The number of aromatic nitrogens is 6. The van der Waals surface area contributed by atoms with E-state index in [0.717, 1.165) is 128 Å². The Hall–Kier alpha value is -6.28. The van der Waals surface area contributed by atoms with Gasteiger partial charge in [0.25, 0.3) is 0 Å². The average Bonchev–Trinajstić information content (AvgIpc) is 4.07. The standard InChI is InChI=1S/C46H38N8O2/c1-55-31-13-7-27-9-17-41(47-35(27)25-31)45(29-11-15-33-37(23-29)51-43(49-33)39-5-3-21-53(39)45)19-20-46(42-18-10-28-8-14-32(56-2)26-36(28)48-42)30-12-16-34-38(24-30)52-44(50-34)40-6-4-22-54(40)46/h7-18,23-26,39-40H,3-6,21-22H2,1-2H3,(H,49,51)(H,50,52). The molecule has 4 aliphatic rings. The van der Waals surface area contributed by atoms with Gasteiger partial charge in [0.1, 0.15) is 23.1 Å². The topological polar surface area (TPSA) is 108 Å². The summed E-state index contributed by atoms with van der Waals surface area (Å²) in [6.07, 6.45) is 3.96. The first-order chi connectivity index (χ1) is 27.5. The molecule has 4 aromatic heterocycles. The minimum atomic E-state index is -0.943. The van der Waals surface area contributed by atoms with Crippen LogP contribution in [0.1, 0.15) is 71.9 Å². The maximum absolute atomic E-state index is 5.69. The highest BCUT2D eigenvalue weighted by Gasteiger charge is 2.52. The summed E-state index contributed by atoms with van der Waals surface area (Å²) in [5.41, 5.74) is 7.68. The zero-order valence-corrected chi connectivity index (χ0v) is 31.1. The number of methoxy groups -OCH3 is 2. The Bertz CT molecular complexity index is 2800. The van der Waals surface area contributed by atoms with E-state index in [1.165, 1.54) is 0 Å². The number of H-pyrrole nitrogens is 2. The number of ether oxygens (including phenoxy) is 2. The fraction of sp³-hybridized carbons (Fsp3) is 0.261. The Morgan fingerprint density at radius 1 is 0.554 bits per heavy atom. The van der Waals surface area contributed by atoms with E-state index in [0.29, 0.717) is 0 Å². The van der Waals surface area contributed by atoms with Gasteiger partial charge in [0.15, 0.2) is 11.1 Å². The van der Waals surface area contributed by atoms with Crippen LogP contribution < -0.4 is 9.47 Å². The molecule has 0 amide bonds. The second-order valence-electron chi connectivity index (χ2n) is 15.6. The molecule has 8 aromatic rings. The summed E-state index contributed by atoms with van der Waals surface area (Å²) < 4.78 is 11.4. The molecule has 0 radical (unpaired) electrons. The quantitative estimate of drug-likeness (QED) is 0.175. The first-order valence-electron chi connectivity index (χ1n) is 19.5. The molecule has 4 aromatic carbocycles. The molecule has 4 unspecified atom stereocenters. The van der Waals surface area contributed by atoms with Gasteiger partial charge >= 0.3 is 0 Å². The molecule has 0 saturated carbocycles. The molecule has 6 bridgehead atoms. The van der Waals surface area contributed by atoms with Crippen molar-refractivity contribution in [2.24, 2.45) is 0 Å². The van der Waals surface area contributed by atoms with Gasteiger partial charge in [-0.25, -0.2) is 19.9 Å². The van der Waals surface area contributed by atoms with Crippen molar-refractivity contribution in [3.63, 3.8) is 0 Å². The number of pyridine rings is 2. The number of aromatic amines is 2. The van der Waals surface area contributed by atoms with E-state index in [1.807, 2.05) is 24.3 Å². The lowest BCUT2D eigenvalue weighted by Gasteiger charge is -2.44. The maximum atomic E-state index is 5.69. The van der Waals surface area contributed by atoms with Crippen LogP contribution in [0.3, 0.4) is 0 Å². The molecule has 2 fully saturated rings. The van der Waals surface area contributed by atoms with Gasteiger partial charge in [0.2, 0.25) is 0 Å². The first kappa shape index (κ1) is 32.0. The number of nitrogens with zero attached hydrogens (tertiary/aromatic N) is 6. The summed E-state index contributed by atoms with van der Waals surface area (Å²) >= 11 is 0. The van der Waals surface area contributed by atoms with Crippen molar-refractivity contribution in [1.82, 2.24) is 39.7 Å². The third-order valence-corrected chi connectivity index (χ3v) is 12.8. The van der Waals surface area contributed by atoms with Crippen molar-refractivity contribution < 1.29 is 9.47 Å². The van der Waals surface area contributed by atoms with Gasteiger partial charge in [-0.1, -0.05) is 36.1 Å². The summed E-state index contributed by atoms with van der Waals surface area (Å²) in [6, 6.07) is 34.1. The van der Waals surface area contributed by atoms with Crippen LogP contribution >= 0.6 is 0 Å². The van der Waals surface area contributed by atoms with E-state index in [2.05, 4.69) is 104 Å². The largest absolute Gasteiger partial charge is 0.497 e. The molecule has 4 aliphatic heterocycles. The van der Waals surface area contributed by atoms with Gasteiger partial charge < -0.3 is 19.4 Å². The summed E-state index contributed by atoms with van der Waals surface area (Å²) in [4.78, 5) is 33.8. The lowest BCUT2D eigenvalue weighted by Crippen LogP contribution is -2.49. The monoisotopic (exact) mass is 734 g/mol. The number of fused-ring (bicyclic) bond motifs is 10. The first-order valence-corrected chi connectivity index (χ1v) is 19.5. The van der Waals surface area contributed by atoms with Gasteiger partial charge in [-0.3, -0.25) is 9.80 Å². The molecule has 10 nitrogen and oxygen atoms in total. The van der Waals surface area contributed by atoms with E-state index >= 15 is 0 Å². The Morgan fingerprint density at radius 3 is 1.48 bits per heavy atom. The van der Waals surface area contributed by atoms with E-state index in [9.17, 15) is 0 Å². The lowest BCUT2D eigenvalue weighted by atomic mass is 9.79. The highest BCUT2D eigenvalue weighted by molar-refractivity contribution is 5.83. The molecule has 10 heteroatoms. The molecular weight excluding hydrogens is 697 g/mol. The normalized spacial score (nSPS) is 24.0. The SMILES string of the molecule is COc1ccc2ccc(C3(C#CC4(c5ccc6ccc(OC)cc6n5)c5ccc6nc([nH]c6c5)C5CCCN54)c4ccc5nc([nH]c5c4)C4CCCN43)nc2c1. The van der Waals surface area contributed by atoms with Crippen molar-refractivity contribution in [2.75, 3.05) is 27.3 Å². The summed E-state index contributed by atoms with van der Waals surface area (Å²) in [5.74, 6) is 11.8. The van der Waals surface area contributed by atoms with Crippen LogP contribution in [0.15, 0.2) is 97.1 Å². The number of benzene rings is 4. The maximum Gasteiger partial charge on any atom is 0.152 e. The molecule has 12 rings (SSSR count). The predicted octanol–water partition coefficient (Wildman–Crippen LogP) is 8.04. The van der Waals surface area contributed by atoms with Crippen molar-refractivity contribution in [3.05, 3.63) is 131 Å². The highest BCUT2D eigenvalue weighted by Crippen LogP contribution is 2.51. The van der Waals surface area contributed by atoms with Crippen molar-refractivity contribution in [1.29, 1.82) is 0 Å². The number of imidazole rings is 2. The molecule has 0 aliphatic carbocycles. The lowest BCUT2D eigenvalue weighted by molar-refractivity contribution is 0.138. The molecule has 2 saturated heterocycles. The second-order valence-corrected chi connectivity index (χ2v) is 15.6. The van der Waals surface area contributed by atoms with Crippen LogP contribution in [0.2, 0.25) is 0 Å². The van der Waals surface area contributed by atoms with E-state index in [1.54, 1.807) is 14.2 Å². The van der Waals surface area contributed by atoms with Crippen molar-refractivity contribution in [2.45, 2.75) is 48.8 Å². The molecular formula is C46H38N8O2. The zero-order chi connectivity index (χ0) is 37.2. The highest BCUT2D eigenvalue weighted by atomic mass is 16.5. The van der Waals surface area contributed by atoms with Crippen LogP contribution in [0, 0.1) is 11.8 Å². The van der Waals surface area contributed by atoms with Gasteiger partial charge in [-0.2, -0.15) is 0 Å². The van der Waals surface area contributed by atoms with Gasteiger partial charge in [0, 0.05) is 36.0 Å². The minimum absolute atomic E-state index is 0.0261. The van der Waals surface area contributed by atoms with Gasteiger partial charge in [-0.15, -0.1) is 0 Å². The molecule has 274 valence electrons. The molecule has 56 heavy (non-hydrogen) atoms. The fourth-order valence-electron chi connectivity index (χ4n) is 10.1. The fourth-order valence-corrected chi connectivity index (χ4v) is 10.1. The van der Waals surface area contributed by atoms with Crippen molar-refractivity contribution >= 4 is 43.9 Å². The van der Waals surface area contributed by atoms with Crippen LogP contribution in [-0.4, -0.2) is 67.0 Å². The summed E-state index contributed by atoms with van der Waals surface area (Å²) in [5, 5.41) is 2.09. The predicted molar refractivity (Wildman–Crippen MR) is 215 cm³/mol. The molecule has 8 heterocycles. The number of hydrogen-bond donors (Lipinski definition) is 2. The van der Waals surface area contributed by atoms with E-state index in [4.69, 9.17) is 29.4 Å². The average molecular weight is 735 g/mol. The minimum Gasteiger partial charge on any atom is -0.497 e. The second kappa shape index (κ2) is 11.6. The smallest absolute Gasteiger partial charge is 0.152 e. The molecule has 0 spiro atoms. The summed E-state index contributed by atoms with van der Waals surface area (Å²) in [6.45, 7) is 1.67. The third-order valence-electron chi connectivity index (χ3n) is 12.8. The van der Waals surface area contributed by atoms with Gasteiger partial charge in [0.05, 0.1) is 70.8 Å². The zero-order valence-electron chi connectivity index (χ0n) is 31.1. The van der Waals surface area contributed by atoms with Crippen LogP contribution in [0.25, 0.3) is 43.9 Å². The number of nitrogens with one attached hydrogen (secondary N) is 2. The summed E-state index contributed by atoms with van der Waals surface area (Å²) in [7, 11) is 3.40. The molecule has 4 atom stereocenters. The Labute approximate surface area is 322 Å². The van der Waals surface area contributed by atoms with E-state index in [-0.39, 0.29) is 12.1 Å². The third kappa shape index (κ3) is 4.35. The Balaban J connectivity index is 1.20. The van der Waals surface area contributed by atoms with Gasteiger partial charge in [-0.05, 0) is 97.5 Å². The van der Waals surface area contributed by atoms with E-state index < -0.39 is 11.1 Å². The van der Waals surface area contributed by atoms with Crippen LogP contribution in [0.4, 0.5) is 0 Å². The van der Waals surface area contributed by atoms with Crippen LogP contribution in [0.5, 0.6) is 11.5 Å². The molecule has 2 N–H and O–H groups in total.